The van der Waals surface area contributed by atoms with Crippen LogP contribution in [0.1, 0.15) is 24.1 Å². The van der Waals surface area contributed by atoms with E-state index < -0.39 is 23.5 Å². The molecule has 21 heavy (non-hydrogen) atoms. The van der Waals surface area contributed by atoms with Crippen LogP contribution in [0.2, 0.25) is 0 Å². The first kappa shape index (κ1) is 16.5. The summed E-state index contributed by atoms with van der Waals surface area (Å²) in [4.78, 5) is 0. The summed E-state index contributed by atoms with van der Waals surface area (Å²) in [6.07, 6.45) is 0. The molecule has 0 aromatic heterocycles. The van der Waals surface area contributed by atoms with Crippen LogP contribution in [0.3, 0.4) is 0 Å². The lowest BCUT2D eigenvalue weighted by Crippen LogP contribution is -2.24. The Labute approximate surface area is 137 Å². The summed E-state index contributed by atoms with van der Waals surface area (Å²) in [7, 11) is 0. The molecule has 0 aliphatic heterocycles. The first-order valence-electron chi connectivity index (χ1n) is 6.28. The fourth-order valence-electron chi connectivity index (χ4n) is 2.10. The third-order valence-electron chi connectivity index (χ3n) is 3.08. The summed E-state index contributed by atoms with van der Waals surface area (Å²) >= 11 is 6.19. The highest BCUT2D eigenvalue weighted by atomic mass is 79.9. The third-order valence-corrected chi connectivity index (χ3v) is 4.50. The molecular formula is C15H12Br2F3N. The van der Waals surface area contributed by atoms with Gasteiger partial charge in [0.05, 0.1) is 15.0 Å². The molecule has 2 aromatic rings. The summed E-state index contributed by atoms with van der Waals surface area (Å²) in [6, 6.07) is 6.78. The zero-order valence-electron chi connectivity index (χ0n) is 11.1. The van der Waals surface area contributed by atoms with Crippen molar-refractivity contribution in [2.24, 2.45) is 0 Å². The highest BCUT2D eigenvalue weighted by Gasteiger charge is 2.23. The predicted octanol–water partition coefficient (Wildman–Crippen LogP) is 5.33. The minimum absolute atomic E-state index is 0.00664. The summed E-state index contributed by atoms with van der Waals surface area (Å²) < 4.78 is 41.6. The number of hydrogen-bond donors (Lipinski definition) is 1. The predicted molar refractivity (Wildman–Crippen MR) is 83.7 cm³/mol. The maximum absolute atomic E-state index is 14.3. The second-order valence-electron chi connectivity index (χ2n) is 4.40. The molecular weight excluding hydrogens is 411 g/mol. The van der Waals surface area contributed by atoms with Gasteiger partial charge in [-0.1, -0.05) is 25.1 Å². The third kappa shape index (κ3) is 3.33. The van der Waals surface area contributed by atoms with Crippen LogP contribution < -0.4 is 5.32 Å². The van der Waals surface area contributed by atoms with Gasteiger partial charge >= 0.3 is 0 Å². The molecule has 0 heterocycles. The largest absolute Gasteiger partial charge is 0.306 e. The minimum Gasteiger partial charge on any atom is -0.306 e. The Balaban J connectivity index is 2.59. The Hall–Kier alpha value is -0.850. The quantitative estimate of drug-likeness (QED) is 0.656. The molecule has 0 bridgehead atoms. The second-order valence-corrected chi connectivity index (χ2v) is 6.05. The molecule has 1 nitrogen and oxygen atoms in total. The van der Waals surface area contributed by atoms with Crippen LogP contribution in [0, 0.1) is 17.5 Å². The van der Waals surface area contributed by atoms with E-state index in [-0.39, 0.29) is 4.47 Å². The molecule has 0 fully saturated rings. The molecule has 0 amide bonds. The number of nitrogens with one attached hydrogen (secondary N) is 1. The average molecular weight is 423 g/mol. The second kappa shape index (κ2) is 6.94. The van der Waals surface area contributed by atoms with Crippen LogP contribution >= 0.6 is 31.9 Å². The van der Waals surface area contributed by atoms with Crippen LogP contribution in [0.25, 0.3) is 0 Å². The van der Waals surface area contributed by atoms with Gasteiger partial charge in [0.15, 0.2) is 11.6 Å². The Morgan fingerprint density at radius 1 is 1.00 bits per heavy atom. The maximum Gasteiger partial charge on any atom is 0.173 e. The molecule has 1 N–H and O–H groups in total. The number of hydrogen-bond acceptors (Lipinski definition) is 1. The average Bonchev–Trinajstić information content (AvgIpc) is 2.46. The lowest BCUT2D eigenvalue weighted by atomic mass is 9.98. The van der Waals surface area contributed by atoms with Crippen molar-refractivity contribution in [3.05, 3.63) is 67.9 Å². The van der Waals surface area contributed by atoms with E-state index in [1.165, 1.54) is 6.07 Å². The van der Waals surface area contributed by atoms with Crippen molar-refractivity contribution in [3.63, 3.8) is 0 Å². The van der Waals surface area contributed by atoms with Gasteiger partial charge in [0.25, 0.3) is 0 Å². The van der Waals surface area contributed by atoms with E-state index in [0.29, 0.717) is 22.1 Å². The maximum atomic E-state index is 14.3. The van der Waals surface area contributed by atoms with Crippen LogP contribution in [0.4, 0.5) is 13.2 Å². The number of benzene rings is 2. The Morgan fingerprint density at radius 3 is 2.38 bits per heavy atom. The van der Waals surface area contributed by atoms with Gasteiger partial charge in [0.2, 0.25) is 0 Å². The van der Waals surface area contributed by atoms with E-state index in [1.54, 1.807) is 18.2 Å². The Bertz CT molecular complexity index is 662. The van der Waals surface area contributed by atoms with E-state index >= 15 is 0 Å². The van der Waals surface area contributed by atoms with Crippen molar-refractivity contribution < 1.29 is 13.2 Å². The van der Waals surface area contributed by atoms with Crippen molar-refractivity contribution in [1.29, 1.82) is 0 Å². The van der Waals surface area contributed by atoms with Crippen LogP contribution in [0.15, 0.2) is 39.3 Å². The molecule has 6 heteroatoms. The van der Waals surface area contributed by atoms with E-state index in [4.69, 9.17) is 0 Å². The first-order valence-corrected chi connectivity index (χ1v) is 7.86. The topological polar surface area (TPSA) is 12.0 Å². The first-order chi connectivity index (χ1) is 9.97. The molecule has 0 spiro atoms. The van der Waals surface area contributed by atoms with Crippen molar-refractivity contribution in [1.82, 2.24) is 5.32 Å². The summed E-state index contributed by atoms with van der Waals surface area (Å²) in [6.45, 7) is 2.40. The summed E-state index contributed by atoms with van der Waals surface area (Å²) in [5.74, 6) is -2.36. The van der Waals surface area contributed by atoms with Gasteiger partial charge in [-0.2, -0.15) is 0 Å². The van der Waals surface area contributed by atoms with Gasteiger partial charge in [-0.05, 0) is 56.1 Å². The molecule has 2 aromatic carbocycles. The lowest BCUT2D eigenvalue weighted by molar-refractivity contribution is 0.496. The molecule has 2 rings (SSSR count). The van der Waals surface area contributed by atoms with Crippen molar-refractivity contribution in [2.75, 3.05) is 6.54 Å². The number of rotatable bonds is 4. The Kier molecular flexibility index (Phi) is 5.46. The van der Waals surface area contributed by atoms with E-state index in [2.05, 4.69) is 37.2 Å². The highest BCUT2D eigenvalue weighted by Crippen LogP contribution is 2.34. The zero-order chi connectivity index (χ0) is 15.6. The summed E-state index contributed by atoms with van der Waals surface area (Å²) in [5.41, 5.74) is 0.797. The van der Waals surface area contributed by atoms with Crippen molar-refractivity contribution in [3.8, 4) is 0 Å². The molecule has 0 aliphatic carbocycles. The smallest absolute Gasteiger partial charge is 0.173 e. The van der Waals surface area contributed by atoms with Crippen molar-refractivity contribution in [2.45, 2.75) is 13.0 Å². The van der Waals surface area contributed by atoms with E-state index in [1.807, 2.05) is 6.92 Å². The SMILES string of the molecule is CCNC(c1cccc(Br)c1F)c1ccc(F)c(F)c1Br. The molecule has 0 radical (unpaired) electrons. The van der Waals surface area contributed by atoms with Gasteiger partial charge in [0.1, 0.15) is 5.82 Å². The van der Waals surface area contributed by atoms with Gasteiger partial charge in [-0.25, -0.2) is 13.2 Å². The normalized spacial score (nSPS) is 12.5. The van der Waals surface area contributed by atoms with Gasteiger partial charge in [-0.3, -0.25) is 0 Å². The fraction of sp³-hybridized carbons (Fsp3) is 0.200. The molecule has 0 saturated heterocycles. The molecule has 1 atom stereocenters. The number of halogens is 5. The lowest BCUT2D eigenvalue weighted by Gasteiger charge is -2.21. The molecule has 0 saturated carbocycles. The van der Waals surface area contributed by atoms with E-state index in [9.17, 15) is 13.2 Å². The highest BCUT2D eigenvalue weighted by molar-refractivity contribution is 9.10. The summed E-state index contributed by atoms with van der Waals surface area (Å²) in [5, 5.41) is 3.09. The Morgan fingerprint density at radius 2 is 1.71 bits per heavy atom. The van der Waals surface area contributed by atoms with E-state index in [0.717, 1.165) is 6.07 Å². The van der Waals surface area contributed by atoms with Crippen LogP contribution in [0.5, 0.6) is 0 Å². The fourth-order valence-corrected chi connectivity index (χ4v) is 3.03. The van der Waals surface area contributed by atoms with Gasteiger partial charge < -0.3 is 5.32 Å². The van der Waals surface area contributed by atoms with Crippen LogP contribution in [-0.4, -0.2) is 6.54 Å². The molecule has 112 valence electrons. The molecule has 0 aliphatic rings. The van der Waals surface area contributed by atoms with Crippen molar-refractivity contribution >= 4 is 31.9 Å². The standard InChI is InChI=1S/C15H12Br2F3N/c1-2-21-15(9-4-3-5-10(16)13(9)19)8-6-7-11(18)14(20)12(8)17/h3-7,15,21H,2H2,1H3. The zero-order valence-corrected chi connectivity index (χ0v) is 14.2. The van der Waals surface area contributed by atoms with Gasteiger partial charge in [0, 0.05) is 5.56 Å². The van der Waals surface area contributed by atoms with Gasteiger partial charge in [-0.15, -0.1) is 0 Å². The minimum atomic E-state index is -0.981. The monoisotopic (exact) mass is 421 g/mol. The van der Waals surface area contributed by atoms with Crippen LogP contribution in [-0.2, 0) is 0 Å². The molecule has 1 unspecified atom stereocenters.